The summed E-state index contributed by atoms with van der Waals surface area (Å²) in [7, 11) is 0. The van der Waals surface area contributed by atoms with E-state index in [1.165, 1.54) is 10.8 Å². The molecule has 20 heavy (non-hydrogen) atoms. The predicted molar refractivity (Wildman–Crippen MR) is 84.2 cm³/mol. The van der Waals surface area contributed by atoms with Gasteiger partial charge in [-0.2, -0.15) is 0 Å². The number of benzene rings is 2. The lowest BCUT2D eigenvalue weighted by Gasteiger charge is -2.18. The fraction of sp³-hybridized carbons (Fsp3) is 0.444. The minimum atomic E-state index is 0.273. The molecule has 0 heterocycles. The number of hydrogen-bond donors (Lipinski definition) is 1. The Balaban J connectivity index is 1.94. The third-order valence-corrected chi connectivity index (χ3v) is 3.66. The number of rotatable bonds is 8. The lowest BCUT2D eigenvalue weighted by molar-refractivity contribution is 0.181. The highest BCUT2D eigenvalue weighted by molar-refractivity contribution is 5.83. The monoisotopic (exact) mass is 272 g/mol. The molecule has 1 atom stereocenters. The largest absolute Gasteiger partial charge is 0.490 e. The van der Waals surface area contributed by atoms with E-state index < -0.39 is 0 Å². The minimum Gasteiger partial charge on any atom is -0.490 e. The Morgan fingerprint density at radius 2 is 1.80 bits per heavy atom. The molecule has 2 heteroatoms. The van der Waals surface area contributed by atoms with Gasteiger partial charge >= 0.3 is 0 Å². The first-order valence-corrected chi connectivity index (χ1v) is 7.60. The third-order valence-electron chi connectivity index (χ3n) is 3.66. The molecule has 2 aromatic carbocycles. The maximum Gasteiger partial charge on any atom is 0.120 e. The number of aliphatic hydroxyl groups excluding tert-OH is 1. The van der Waals surface area contributed by atoms with Gasteiger partial charge in [0.2, 0.25) is 0 Å². The third kappa shape index (κ3) is 4.24. The zero-order valence-electron chi connectivity index (χ0n) is 12.2. The van der Waals surface area contributed by atoms with E-state index in [9.17, 15) is 0 Å². The molecule has 0 saturated carbocycles. The van der Waals surface area contributed by atoms with Crippen molar-refractivity contribution in [1.82, 2.24) is 0 Å². The number of unbranched alkanes of at least 4 members (excludes halogenated alkanes) is 2. The van der Waals surface area contributed by atoms with Crippen LogP contribution >= 0.6 is 0 Å². The summed E-state index contributed by atoms with van der Waals surface area (Å²) in [4.78, 5) is 0. The van der Waals surface area contributed by atoms with E-state index in [-0.39, 0.29) is 6.10 Å². The molecule has 0 saturated heterocycles. The lowest BCUT2D eigenvalue weighted by Crippen LogP contribution is -2.15. The molecule has 1 unspecified atom stereocenters. The number of fused-ring (bicyclic) bond motifs is 1. The second-order valence-corrected chi connectivity index (χ2v) is 5.23. The summed E-state index contributed by atoms with van der Waals surface area (Å²) in [5, 5.41) is 11.3. The minimum absolute atomic E-state index is 0.273. The molecule has 108 valence electrons. The Hall–Kier alpha value is -1.54. The van der Waals surface area contributed by atoms with Crippen LogP contribution in [0.1, 0.15) is 39.0 Å². The maximum atomic E-state index is 8.79. The SMILES string of the molecule is CCC(CCCCCO)Oc1ccc2ccccc2c1. The molecule has 1 N–H and O–H groups in total. The van der Waals surface area contributed by atoms with E-state index in [4.69, 9.17) is 9.84 Å². The molecule has 0 aliphatic heterocycles. The summed E-state index contributed by atoms with van der Waals surface area (Å²) in [6, 6.07) is 14.6. The summed E-state index contributed by atoms with van der Waals surface area (Å²) < 4.78 is 6.09. The highest BCUT2D eigenvalue weighted by Crippen LogP contribution is 2.23. The summed E-state index contributed by atoms with van der Waals surface area (Å²) in [6.07, 6.45) is 5.44. The predicted octanol–water partition coefficient (Wildman–Crippen LogP) is 4.55. The van der Waals surface area contributed by atoms with Gasteiger partial charge in [-0.1, -0.05) is 43.7 Å². The Labute approximate surface area is 121 Å². The molecule has 0 radical (unpaired) electrons. The first kappa shape index (κ1) is 14.9. The van der Waals surface area contributed by atoms with E-state index in [1.54, 1.807) is 0 Å². The van der Waals surface area contributed by atoms with Crippen LogP contribution in [0.25, 0.3) is 10.8 Å². The molecule has 0 amide bonds. The van der Waals surface area contributed by atoms with Crippen molar-refractivity contribution >= 4 is 10.8 Å². The van der Waals surface area contributed by atoms with Crippen molar-refractivity contribution in [2.24, 2.45) is 0 Å². The zero-order chi connectivity index (χ0) is 14.2. The van der Waals surface area contributed by atoms with E-state index in [0.717, 1.165) is 37.9 Å². The van der Waals surface area contributed by atoms with Crippen LogP contribution in [-0.2, 0) is 0 Å². The van der Waals surface area contributed by atoms with Crippen LogP contribution in [0.2, 0.25) is 0 Å². The van der Waals surface area contributed by atoms with Crippen LogP contribution in [0.4, 0.5) is 0 Å². The first-order chi connectivity index (χ1) is 9.83. The van der Waals surface area contributed by atoms with Crippen molar-refractivity contribution in [3.8, 4) is 5.75 Å². The standard InChI is InChI=1S/C18H24O2/c1-2-17(10-4-3-7-13-19)20-18-12-11-15-8-5-6-9-16(15)14-18/h5-6,8-9,11-12,14,17,19H,2-4,7,10,13H2,1H3. The fourth-order valence-corrected chi connectivity index (χ4v) is 2.44. The fourth-order valence-electron chi connectivity index (χ4n) is 2.44. The average molecular weight is 272 g/mol. The van der Waals surface area contributed by atoms with Gasteiger partial charge in [-0.25, -0.2) is 0 Å². The molecule has 0 aromatic heterocycles. The van der Waals surface area contributed by atoms with Crippen LogP contribution in [0, 0.1) is 0 Å². The topological polar surface area (TPSA) is 29.5 Å². The zero-order valence-corrected chi connectivity index (χ0v) is 12.2. The van der Waals surface area contributed by atoms with Crippen LogP contribution < -0.4 is 4.74 Å². The van der Waals surface area contributed by atoms with Crippen molar-refractivity contribution < 1.29 is 9.84 Å². The van der Waals surface area contributed by atoms with E-state index >= 15 is 0 Å². The lowest BCUT2D eigenvalue weighted by atomic mass is 10.1. The summed E-state index contributed by atoms with van der Waals surface area (Å²) in [6.45, 7) is 2.46. The molecule has 0 fully saturated rings. The van der Waals surface area contributed by atoms with Crippen molar-refractivity contribution in [2.75, 3.05) is 6.61 Å². The number of ether oxygens (including phenoxy) is 1. The highest BCUT2D eigenvalue weighted by Gasteiger charge is 2.08. The van der Waals surface area contributed by atoms with Gasteiger partial charge in [0, 0.05) is 6.61 Å². The van der Waals surface area contributed by atoms with Crippen molar-refractivity contribution in [1.29, 1.82) is 0 Å². The van der Waals surface area contributed by atoms with Gasteiger partial charge in [-0.3, -0.25) is 0 Å². The highest BCUT2D eigenvalue weighted by atomic mass is 16.5. The van der Waals surface area contributed by atoms with Gasteiger partial charge < -0.3 is 9.84 Å². The Morgan fingerprint density at radius 1 is 1.00 bits per heavy atom. The molecule has 0 aliphatic rings. The number of aliphatic hydroxyl groups is 1. The van der Waals surface area contributed by atoms with Gasteiger partial charge in [0.15, 0.2) is 0 Å². The van der Waals surface area contributed by atoms with Gasteiger partial charge in [-0.15, -0.1) is 0 Å². The Morgan fingerprint density at radius 3 is 2.55 bits per heavy atom. The van der Waals surface area contributed by atoms with Crippen LogP contribution in [0.3, 0.4) is 0 Å². The van der Waals surface area contributed by atoms with Crippen molar-refractivity contribution in [3.63, 3.8) is 0 Å². The molecular weight excluding hydrogens is 248 g/mol. The number of hydrogen-bond acceptors (Lipinski definition) is 2. The summed E-state index contributed by atoms with van der Waals surface area (Å²) >= 11 is 0. The second kappa shape index (κ2) is 7.91. The Bertz CT molecular complexity index is 522. The van der Waals surface area contributed by atoms with Crippen molar-refractivity contribution in [3.05, 3.63) is 42.5 Å². The van der Waals surface area contributed by atoms with Gasteiger partial charge in [0.05, 0.1) is 6.10 Å². The molecule has 2 nitrogen and oxygen atoms in total. The van der Waals surface area contributed by atoms with E-state index in [0.29, 0.717) is 6.61 Å². The molecule has 0 bridgehead atoms. The molecule has 2 rings (SSSR count). The molecule has 2 aromatic rings. The summed E-state index contributed by atoms with van der Waals surface area (Å²) in [5.41, 5.74) is 0. The normalized spacial score (nSPS) is 12.5. The van der Waals surface area contributed by atoms with Crippen LogP contribution in [-0.4, -0.2) is 17.8 Å². The van der Waals surface area contributed by atoms with Crippen LogP contribution in [0.5, 0.6) is 5.75 Å². The van der Waals surface area contributed by atoms with Gasteiger partial charge in [-0.05, 0) is 48.6 Å². The van der Waals surface area contributed by atoms with E-state index in [1.807, 2.05) is 0 Å². The molecular formula is C18H24O2. The quantitative estimate of drug-likeness (QED) is 0.714. The second-order valence-electron chi connectivity index (χ2n) is 5.23. The van der Waals surface area contributed by atoms with Gasteiger partial charge in [0.1, 0.15) is 5.75 Å². The first-order valence-electron chi connectivity index (χ1n) is 7.60. The smallest absolute Gasteiger partial charge is 0.120 e. The summed E-state index contributed by atoms with van der Waals surface area (Å²) in [5.74, 6) is 0.956. The van der Waals surface area contributed by atoms with Crippen molar-refractivity contribution in [2.45, 2.75) is 45.1 Å². The average Bonchev–Trinajstić information content (AvgIpc) is 2.50. The molecule has 0 spiro atoms. The van der Waals surface area contributed by atoms with Crippen LogP contribution in [0.15, 0.2) is 42.5 Å². The van der Waals surface area contributed by atoms with E-state index in [2.05, 4.69) is 49.4 Å². The van der Waals surface area contributed by atoms with Gasteiger partial charge in [0.25, 0.3) is 0 Å². The molecule has 0 aliphatic carbocycles. The maximum absolute atomic E-state index is 8.79. The Kier molecular flexibility index (Phi) is 5.87.